The summed E-state index contributed by atoms with van der Waals surface area (Å²) >= 11 is 0. The second-order valence-corrected chi connectivity index (χ2v) is 7.05. The minimum Gasteiger partial charge on any atom is -0.462 e. The number of allylic oxidation sites excluding steroid dienone is 1. The molecular formula is C16H18O4S. The summed E-state index contributed by atoms with van der Waals surface area (Å²) in [5, 5.41) is 0. The van der Waals surface area contributed by atoms with Crippen LogP contribution in [0.2, 0.25) is 0 Å². The highest BCUT2D eigenvalue weighted by molar-refractivity contribution is 7.91. The summed E-state index contributed by atoms with van der Waals surface area (Å²) in [5.74, 6) is -0.528. The number of rotatable bonds is 4. The van der Waals surface area contributed by atoms with Crippen LogP contribution in [0.4, 0.5) is 0 Å². The molecule has 0 saturated carbocycles. The Labute approximate surface area is 125 Å². The van der Waals surface area contributed by atoms with E-state index in [1.807, 2.05) is 6.92 Å². The third kappa shape index (κ3) is 3.08. The van der Waals surface area contributed by atoms with E-state index in [4.69, 9.17) is 4.74 Å². The Bertz CT molecular complexity index is 727. The fraction of sp³-hybridized carbons (Fsp3) is 0.312. The zero-order valence-corrected chi connectivity index (χ0v) is 13.0. The molecule has 0 radical (unpaired) electrons. The third-order valence-electron chi connectivity index (χ3n) is 3.47. The first-order valence-electron chi connectivity index (χ1n) is 6.69. The van der Waals surface area contributed by atoms with Gasteiger partial charge in [-0.1, -0.05) is 12.2 Å². The number of benzene rings is 1. The first kappa shape index (κ1) is 15.5. The number of hydrogen-bond acceptors (Lipinski definition) is 4. The molecular weight excluding hydrogens is 288 g/mol. The molecule has 1 aliphatic heterocycles. The summed E-state index contributed by atoms with van der Waals surface area (Å²) in [6.45, 7) is 7.44. The van der Waals surface area contributed by atoms with Crippen molar-refractivity contribution in [1.82, 2.24) is 0 Å². The summed E-state index contributed by atoms with van der Waals surface area (Å²) in [6, 6.07) is 3.18. The Morgan fingerprint density at radius 1 is 1.38 bits per heavy atom. The minimum absolute atomic E-state index is 0.0279. The van der Waals surface area contributed by atoms with E-state index >= 15 is 0 Å². The number of fused-ring (bicyclic) bond motifs is 1. The van der Waals surface area contributed by atoms with Crippen LogP contribution < -0.4 is 0 Å². The molecule has 1 aromatic rings. The van der Waals surface area contributed by atoms with Crippen molar-refractivity contribution in [3.05, 3.63) is 47.6 Å². The Hall–Kier alpha value is -1.88. The number of sulfone groups is 1. The fourth-order valence-electron chi connectivity index (χ4n) is 2.22. The average Bonchev–Trinajstić information content (AvgIpc) is 2.43. The molecule has 112 valence electrons. The van der Waals surface area contributed by atoms with Crippen molar-refractivity contribution in [2.45, 2.75) is 25.2 Å². The summed E-state index contributed by atoms with van der Waals surface area (Å²) in [4.78, 5) is 12.3. The van der Waals surface area contributed by atoms with Crippen molar-refractivity contribution in [3.63, 3.8) is 0 Å². The number of aryl methyl sites for hydroxylation is 1. The maximum Gasteiger partial charge on any atom is 0.338 e. The van der Waals surface area contributed by atoms with Gasteiger partial charge in [0.1, 0.15) is 0 Å². The topological polar surface area (TPSA) is 60.4 Å². The highest BCUT2D eigenvalue weighted by Crippen LogP contribution is 2.31. The standard InChI is InChI=1S/C16H18O4S/c1-4-5-7-20-16(17)14-10-15-13(9-12(14)3)11(2)6-8-21(15,18)19/h4,6,9-10H,1,5,7-8H2,2-3H3. The summed E-state index contributed by atoms with van der Waals surface area (Å²) in [5.41, 5.74) is 2.59. The van der Waals surface area contributed by atoms with E-state index in [9.17, 15) is 13.2 Å². The molecule has 0 amide bonds. The lowest BCUT2D eigenvalue weighted by atomic mass is 10.00. The van der Waals surface area contributed by atoms with Gasteiger partial charge in [-0.05, 0) is 49.1 Å². The lowest BCUT2D eigenvalue weighted by Gasteiger charge is -2.18. The molecule has 1 aromatic carbocycles. The molecule has 1 heterocycles. The summed E-state index contributed by atoms with van der Waals surface area (Å²) < 4.78 is 29.4. The van der Waals surface area contributed by atoms with Crippen molar-refractivity contribution < 1.29 is 17.9 Å². The van der Waals surface area contributed by atoms with Crippen LogP contribution in [0.15, 0.2) is 35.8 Å². The highest BCUT2D eigenvalue weighted by Gasteiger charge is 2.26. The van der Waals surface area contributed by atoms with Crippen LogP contribution >= 0.6 is 0 Å². The monoisotopic (exact) mass is 306 g/mol. The van der Waals surface area contributed by atoms with Gasteiger partial charge in [0.25, 0.3) is 0 Å². The van der Waals surface area contributed by atoms with E-state index in [1.165, 1.54) is 6.07 Å². The molecule has 0 aromatic heterocycles. The van der Waals surface area contributed by atoms with Crippen LogP contribution in [0, 0.1) is 6.92 Å². The molecule has 2 rings (SSSR count). The summed E-state index contributed by atoms with van der Waals surface area (Å²) in [7, 11) is -3.37. The lowest BCUT2D eigenvalue weighted by molar-refractivity contribution is 0.0510. The largest absolute Gasteiger partial charge is 0.462 e. The number of esters is 1. The molecule has 4 nitrogen and oxygen atoms in total. The van der Waals surface area contributed by atoms with Gasteiger partial charge in [-0.15, -0.1) is 6.58 Å². The SMILES string of the molecule is C=CCCOC(=O)c1cc2c(cc1C)C(C)=CCS2(=O)=O. The number of carbonyl (C=O) groups is 1. The van der Waals surface area contributed by atoms with Gasteiger partial charge in [0.2, 0.25) is 0 Å². The van der Waals surface area contributed by atoms with Gasteiger partial charge < -0.3 is 4.74 Å². The molecule has 1 aliphatic rings. The molecule has 0 atom stereocenters. The maximum absolute atomic E-state index is 12.2. The Balaban J connectivity index is 2.45. The zero-order valence-electron chi connectivity index (χ0n) is 12.2. The van der Waals surface area contributed by atoms with E-state index in [1.54, 1.807) is 25.1 Å². The van der Waals surface area contributed by atoms with Gasteiger partial charge in [0.15, 0.2) is 9.84 Å². The van der Waals surface area contributed by atoms with Crippen LogP contribution in [-0.2, 0) is 14.6 Å². The quantitative estimate of drug-likeness (QED) is 0.487. The number of ether oxygens (including phenoxy) is 1. The molecule has 0 spiro atoms. The Morgan fingerprint density at radius 2 is 2.10 bits per heavy atom. The molecule has 0 aliphatic carbocycles. The Morgan fingerprint density at radius 3 is 2.76 bits per heavy atom. The van der Waals surface area contributed by atoms with Crippen LogP contribution in [-0.4, -0.2) is 26.7 Å². The van der Waals surface area contributed by atoms with Gasteiger partial charge >= 0.3 is 5.97 Å². The average molecular weight is 306 g/mol. The second-order valence-electron chi connectivity index (χ2n) is 5.05. The molecule has 5 heteroatoms. The molecule has 0 unspecified atom stereocenters. The molecule has 0 bridgehead atoms. The predicted octanol–water partition coefficient (Wildman–Crippen LogP) is 2.92. The predicted molar refractivity (Wildman–Crippen MR) is 82.0 cm³/mol. The van der Waals surface area contributed by atoms with Crippen molar-refractivity contribution >= 4 is 21.4 Å². The molecule has 21 heavy (non-hydrogen) atoms. The lowest BCUT2D eigenvalue weighted by Crippen LogP contribution is -2.16. The van der Waals surface area contributed by atoms with Crippen molar-refractivity contribution in [2.24, 2.45) is 0 Å². The van der Waals surface area contributed by atoms with E-state index in [2.05, 4.69) is 6.58 Å². The van der Waals surface area contributed by atoms with E-state index in [0.717, 1.165) is 5.57 Å². The number of carbonyl (C=O) groups excluding carboxylic acids is 1. The molecule has 0 saturated heterocycles. The molecule has 0 N–H and O–H groups in total. The summed E-state index contributed by atoms with van der Waals surface area (Å²) in [6.07, 6.45) is 3.92. The van der Waals surface area contributed by atoms with E-state index in [-0.39, 0.29) is 17.3 Å². The van der Waals surface area contributed by atoms with Crippen molar-refractivity contribution in [3.8, 4) is 0 Å². The van der Waals surface area contributed by atoms with E-state index in [0.29, 0.717) is 23.1 Å². The maximum atomic E-state index is 12.2. The van der Waals surface area contributed by atoms with E-state index < -0.39 is 15.8 Å². The second kappa shape index (κ2) is 5.85. The van der Waals surface area contributed by atoms with Gasteiger partial charge in [0, 0.05) is 0 Å². The first-order chi connectivity index (χ1) is 9.86. The number of hydrogen-bond donors (Lipinski definition) is 0. The normalized spacial score (nSPS) is 15.8. The van der Waals surface area contributed by atoms with Gasteiger partial charge in [-0.3, -0.25) is 0 Å². The van der Waals surface area contributed by atoms with Crippen LogP contribution in [0.5, 0.6) is 0 Å². The van der Waals surface area contributed by atoms with Gasteiger partial charge in [-0.25, -0.2) is 13.2 Å². The minimum atomic E-state index is -3.37. The molecule has 0 fully saturated rings. The first-order valence-corrected chi connectivity index (χ1v) is 8.34. The fourth-order valence-corrected chi connectivity index (χ4v) is 3.72. The van der Waals surface area contributed by atoms with Crippen LogP contribution in [0.3, 0.4) is 0 Å². The highest BCUT2D eigenvalue weighted by atomic mass is 32.2. The van der Waals surface area contributed by atoms with Crippen LogP contribution in [0.1, 0.15) is 34.8 Å². The van der Waals surface area contributed by atoms with Gasteiger partial charge in [0.05, 0.1) is 22.8 Å². The Kier molecular flexibility index (Phi) is 4.32. The van der Waals surface area contributed by atoms with Crippen molar-refractivity contribution in [2.75, 3.05) is 12.4 Å². The van der Waals surface area contributed by atoms with Gasteiger partial charge in [-0.2, -0.15) is 0 Å². The van der Waals surface area contributed by atoms with Crippen LogP contribution in [0.25, 0.3) is 5.57 Å². The smallest absolute Gasteiger partial charge is 0.338 e. The zero-order chi connectivity index (χ0) is 15.6. The third-order valence-corrected chi connectivity index (χ3v) is 5.08. The van der Waals surface area contributed by atoms with Crippen molar-refractivity contribution in [1.29, 1.82) is 0 Å².